The predicted octanol–water partition coefficient (Wildman–Crippen LogP) is 4.22. The average Bonchev–Trinajstić information content (AvgIpc) is 2.84. The average molecular weight is 326 g/mol. The number of fused-ring (bicyclic) bond motifs is 1. The van der Waals surface area contributed by atoms with Gasteiger partial charge in [-0.1, -0.05) is 6.07 Å². The highest BCUT2D eigenvalue weighted by atomic mass is 19.1. The lowest BCUT2D eigenvalue weighted by Gasteiger charge is -2.08. The molecule has 0 atom stereocenters. The van der Waals surface area contributed by atoms with Crippen molar-refractivity contribution >= 4 is 11.8 Å². The molecule has 0 aromatic heterocycles. The molecule has 0 bridgehead atoms. The van der Waals surface area contributed by atoms with Crippen molar-refractivity contribution in [3.63, 3.8) is 0 Å². The van der Waals surface area contributed by atoms with E-state index >= 15 is 0 Å². The van der Waals surface area contributed by atoms with E-state index in [1.807, 2.05) is 0 Å². The minimum absolute atomic E-state index is 0.107. The Kier molecular flexibility index (Phi) is 3.93. The van der Waals surface area contributed by atoms with Crippen LogP contribution >= 0.6 is 0 Å². The maximum atomic E-state index is 13.2. The largest absolute Gasteiger partial charge is 0.452 e. The number of rotatable bonds is 2. The van der Waals surface area contributed by atoms with E-state index in [1.165, 1.54) is 24.3 Å². The first kappa shape index (κ1) is 15.9. The van der Waals surface area contributed by atoms with Crippen LogP contribution in [0.25, 0.3) is 0 Å². The number of carbonyl (C=O) groups is 2. The summed E-state index contributed by atoms with van der Waals surface area (Å²) in [7, 11) is 0. The monoisotopic (exact) mass is 326 g/mol. The minimum atomic E-state index is -0.680. The van der Waals surface area contributed by atoms with E-state index in [2.05, 4.69) is 0 Å². The van der Waals surface area contributed by atoms with E-state index in [0.717, 1.165) is 11.6 Å². The number of esters is 1. The zero-order valence-corrected chi connectivity index (χ0v) is 13.5. The standard InChI is InChI=1S/C19H15FO4/c1-10(2)18-17(21)16-11(3)7-14(9-15(16)24-18)23-19(22)12-5-4-6-13(20)8-12/h4-9H,1-3H3. The van der Waals surface area contributed by atoms with Gasteiger partial charge in [-0.25, -0.2) is 9.18 Å². The molecule has 122 valence electrons. The molecule has 0 unspecified atom stereocenters. The van der Waals surface area contributed by atoms with Crippen molar-refractivity contribution in [2.45, 2.75) is 20.8 Å². The van der Waals surface area contributed by atoms with E-state index in [-0.39, 0.29) is 17.1 Å². The number of benzene rings is 2. The molecule has 3 rings (SSSR count). The number of hydrogen-bond acceptors (Lipinski definition) is 4. The molecular weight excluding hydrogens is 311 g/mol. The SMILES string of the molecule is CC(C)=C1Oc2cc(OC(=O)c3cccc(F)c3)cc(C)c2C1=O. The van der Waals surface area contributed by atoms with Crippen molar-refractivity contribution < 1.29 is 23.5 Å². The first-order chi connectivity index (χ1) is 11.4. The molecule has 0 aliphatic carbocycles. The van der Waals surface area contributed by atoms with Crippen molar-refractivity contribution in [3.05, 3.63) is 70.2 Å². The third-order valence-corrected chi connectivity index (χ3v) is 3.64. The van der Waals surface area contributed by atoms with Crippen LogP contribution in [0, 0.1) is 12.7 Å². The van der Waals surface area contributed by atoms with Crippen LogP contribution in [0.15, 0.2) is 47.7 Å². The Balaban J connectivity index is 1.92. The molecule has 2 aromatic carbocycles. The Labute approximate surface area is 138 Å². The second-order valence-corrected chi connectivity index (χ2v) is 5.77. The number of ether oxygens (including phenoxy) is 2. The molecule has 1 aliphatic rings. The Hall–Kier alpha value is -2.95. The first-order valence-corrected chi connectivity index (χ1v) is 7.39. The fourth-order valence-electron chi connectivity index (χ4n) is 2.53. The summed E-state index contributed by atoms with van der Waals surface area (Å²) < 4.78 is 24.1. The number of ketones is 1. The van der Waals surface area contributed by atoms with Crippen LogP contribution in [0.1, 0.15) is 40.1 Å². The van der Waals surface area contributed by atoms with Crippen LogP contribution < -0.4 is 9.47 Å². The molecule has 2 aromatic rings. The van der Waals surface area contributed by atoms with Gasteiger partial charge in [0, 0.05) is 6.07 Å². The second-order valence-electron chi connectivity index (χ2n) is 5.77. The van der Waals surface area contributed by atoms with Gasteiger partial charge >= 0.3 is 5.97 Å². The molecule has 5 heteroatoms. The van der Waals surface area contributed by atoms with Gasteiger partial charge < -0.3 is 9.47 Å². The highest BCUT2D eigenvalue weighted by Crippen LogP contribution is 2.38. The molecule has 24 heavy (non-hydrogen) atoms. The van der Waals surface area contributed by atoms with E-state index in [1.54, 1.807) is 26.8 Å². The Bertz CT molecular complexity index is 892. The number of hydrogen-bond donors (Lipinski definition) is 0. The Morgan fingerprint density at radius 1 is 1.17 bits per heavy atom. The molecule has 1 aliphatic heterocycles. The maximum Gasteiger partial charge on any atom is 0.343 e. The van der Waals surface area contributed by atoms with Crippen molar-refractivity contribution in [2.24, 2.45) is 0 Å². The van der Waals surface area contributed by atoms with E-state index in [0.29, 0.717) is 22.6 Å². The Morgan fingerprint density at radius 2 is 1.92 bits per heavy atom. The van der Waals surface area contributed by atoms with Crippen LogP contribution in [-0.2, 0) is 0 Å². The zero-order valence-electron chi connectivity index (χ0n) is 13.5. The van der Waals surface area contributed by atoms with Crippen LogP contribution in [0.5, 0.6) is 11.5 Å². The lowest BCUT2D eigenvalue weighted by atomic mass is 10.0. The van der Waals surface area contributed by atoms with Crippen molar-refractivity contribution in [1.29, 1.82) is 0 Å². The van der Waals surface area contributed by atoms with Gasteiger partial charge in [-0.2, -0.15) is 0 Å². The molecule has 0 saturated heterocycles. The van der Waals surface area contributed by atoms with Gasteiger partial charge in [0.05, 0.1) is 11.1 Å². The van der Waals surface area contributed by atoms with Crippen molar-refractivity contribution in [3.8, 4) is 11.5 Å². The fourth-order valence-corrected chi connectivity index (χ4v) is 2.53. The number of Topliss-reactive ketones (excluding diaryl/α,β-unsaturated/α-hetero) is 1. The van der Waals surface area contributed by atoms with Crippen molar-refractivity contribution in [1.82, 2.24) is 0 Å². The van der Waals surface area contributed by atoms with Crippen LogP contribution in [-0.4, -0.2) is 11.8 Å². The van der Waals surface area contributed by atoms with Crippen molar-refractivity contribution in [2.75, 3.05) is 0 Å². The summed E-state index contributed by atoms with van der Waals surface area (Å²) in [6, 6.07) is 8.33. The highest BCUT2D eigenvalue weighted by molar-refractivity contribution is 6.13. The quantitative estimate of drug-likeness (QED) is 0.471. The van der Waals surface area contributed by atoms with Gasteiger partial charge in [0.25, 0.3) is 0 Å². The topological polar surface area (TPSA) is 52.6 Å². The molecule has 0 fully saturated rings. The smallest absolute Gasteiger partial charge is 0.343 e. The van der Waals surface area contributed by atoms with E-state index in [4.69, 9.17) is 9.47 Å². The zero-order chi connectivity index (χ0) is 17.4. The predicted molar refractivity (Wildman–Crippen MR) is 85.9 cm³/mol. The van der Waals surface area contributed by atoms with Gasteiger partial charge in [0.15, 0.2) is 5.76 Å². The molecule has 0 spiro atoms. The normalized spacial score (nSPS) is 12.7. The van der Waals surface area contributed by atoms with E-state index in [9.17, 15) is 14.0 Å². The summed E-state index contributed by atoms with van der Waals surface area (Å²) in [6.45, 7) is 5.33. The summed E-state index contributed by atoms with van der Waals surface area (Å²) >= 11 is 0. The summed E-state index contributed by atoms with van der Waals surface area (Å²) in [5.74, 6) is -0.480. The molecule has 0 radical (unpaired) electrons. The summed E-state index contributed by atoms with van der Waals surface area (Å²) in [6.07, 6.45) is 0. The van der Waals surface area contributed by atoms with Gasteiger partial charge in [-0.05, 0) is 56.2 Å². The molecule has 0 N–H and O–H groups in total. The van der Waals surface area contributed by atoms with Gasteiger partial charge in [0.2, 0.25) is 5.78 Å². The molecule has 0 saturated carbocycles. The molecular formula is C19H15FO4. The van der Waals surface area contributed by atoms with Crippen LogP contribution in [0.2, 0.25) is 0 Å². The third kappa shape index (κ3) is 2.80. The number of aryl methyl sites for hydroxylation is 1. The molecule has 1 heterocycles. The number of carbonyl (C=O) groups excluding carboxylic acids is 2. The summed E-state index contributed by atoms with van der Waals surface area (Å²) in [5.41, 5.74) is 2.00. The fraction of sp³-hybridized carbons (Fsp3) is 0.158. The summed E-state index contributed by atoms with van der Waals surface area (Å²) in [4.78, 5) is 24.4. The first-order valence-electron chi connectivity index (χ1n) is 7.39. The maximum absolute atomic E-state index is 13.2. The lowest BCUT2D eigenvalue weighted by molar-refractivity contribution is 0.0734. The summed E-state index contributed by atoms with van der Waals surface area (Å²) in [5, 5.41) is 0. The number of halogens is 1. The van der Waals surface area contributed by atoms with Crippen LogP contribution in [0.4, 0.5) is 4.39 Å². The van der Waals surface area contributed by atoms with Gasteiger partial charge in [-0.15, -0.1) is 0 Å². The molecule has 0 amide bonds. The lowest BCUT2D eigenvalue weighted by Crippen LogP contribution is -2.09. The van der Waals surface area contributed by atoms with Gasteiger partial charge in [-0.3, -0.25) is 4.79 Å². The van der Waals surface area contributed by atoms with E-state index < -0.39 is 11.8 Å². The second kappa shape index (κ2) is 5.92. The van der Waals surface area contributed by atoms with Crippen LogP contribution in [0.3, 0.4) is 0 Å². The minimum Gasteiger partial charge on any atom is -0.452 e. The number of allylic oxidation sites excluding steroid dienone is 2. The highest BCUT2D eigenvalue weighted by Gasteiger charge is 2.31. The van der Waals surface area contributed by atoms with Gasteiger partial charge in [0.1, 0.15) is 17.3 Å². The molecule has 4 nitrogen and oxygen atoms in total. The Morgan fingerprint density at radius 3 is 2.58 bits per heavy atom. The third-order valence-electron chi connectivity index (χ3n) is 3.64.